The third-order valence-corrected chi connectivity index (χ3v) is 6.37. The number of hydrogen-bond donors (Lipinski definition) is 2. The van der Waals surface area contributed by atoms with Crippen molar-refractivity contribution in [1.82, 2.24) is 0 Å². The average Bonchev–Trinajstić information content (AvgIpc) is 3.29. The highest BCUT2D eigenvalue weighted by Crippen LogP contribution is 2.25. The number of sulfonamides is 1. The van der Waals surface area contributed by atoms with Gasteiger partial charge in [0, 0.05) is 0 Å². The minimum Gasteiger partial charge on any atom is -0.475 e. The second kappa shape index (κ2) is 8.84. The molecule has 2 N–H and O–H groups in total. The van der Waals surface area contributed by atoms with Gasteiger partial charge in [-0.05, 0) is 55.8 Å². The first-order valence-electron chi connectivity index (χ1n) is 10.1. The molecule has 32 heavy (non-hydrogen) atoms. The number of aryl methyl sites for hydroxylation is 2. The van der Waals surface area contributed by atoms with Crippen molar-refractivity contribution in [2.45, 2.75) is 18.7 Å². The van der Waals surface area contributed by atoms with Crippen LogP contribution in [-0.4, -0.2) is 33.4 Å². The van der Waals surface area contributed by atoms with Crippen molar-refractivity contribution in [1.29, 1.82) is 0 Å². The summed E-state index contributed by atoms with van der Waals surface area (Å²) < 4.78 is 33.9. The van der Waals surface area contributed by atoms with Crippen LogP contribution in [0.3, 0.4) is 0 Å². The second-order valence-electron chi connectivity index (χ2n) is 7.50. The molecule has 7 nitrogen and oxygen atoms in total. The average molecular weight is 450 g/mol. The van der Waals surface area contributed by atoms with Crippen molar-refractivity contribution in [3.05, 3.63) is 89.0 Å². The molecule has 0 unspecified atom stereocenters. The molecule has 1 aliphatic heterocycles. The normalized spacial score (nSPS) is 13.2. The number of anilines is 2. The van der Waals surface area contributed by atoms with Gasteiger partial charge in [-0.1, -0.05) is 35.9 Å². The number of nitrogens with zero attached hydrogens (tertiary/aromatic N) is 1. The van der Waals surface area contributed by atoms with Gasteiger partial charge in [-0.25, -0.2) is 13.4 Å². The summed E-state index contributed by atoms with van der Waals surface area (Å²) in [5, 5.41) is 2.86. The summed E-state index contributed by atoms with van der Waals surface area (Å²) in [6, 6.07) is 18.7. The zero-order valence-electron chi connectivity index (χ0n) is 17.8. The van der Waals surface area contributed by atoms with Gasteiger partial charge in [0.2, 0.25) is 5.90 Å². The Morgan fingerprint density at radius 2 is 1.66 bits per heavy atom. The van der Waals surface area contributed by atoms with Crippen LogP contribution in [0.15, 0.2) is 76.6 Å². The third kappa shape index (κ3) is 4.65. The lowest BCUT2D eigenvalue weighted by molar-refractivity contribution is 0.102. The topological polar surface area (TPSA) is 96.9 Å². The minimum atomic E-state index is -3.87. The van der Waals surface area contributed by atoms with Gasteiger partial charge < -0.3 is 10.1 Å². The van der Waals surface area contributed by atoms with E-state index >= 15 is 0 Å². The number of para-hydroxylation sites is 1. The van der Waals surface area contributed by atoms with E-state index in [4.69, 9.17) is 4.74 Å². The number of benzene rings is 3. The number of carbonyl (C=O) groups excluding carboxylic acids is 1. The molecular formula is C24H23N3O4S. The molecule has 1 heterocycles. The molecule has 0 aromatic heterocycles. The fraction of sp³-hybridized carbons (Fsp3) is 0.167. The molecule has 0 fully saturated rings. The molecule has 3 aromatic rings. The van der Waals surface area contributed by atoms with Crippen LogP contribution in [0, 0.1) is 13.8 Å². The van der Waals surface area contributed by atoms with Crippen molar-refractivity contribution in [2.24, 2.45) is 4.99 Å². The molecular weight excluding hydrogens is 426 g/mol. The standard InChI is InChI=1S/C24H23N3O4S/c1-16-7-10-18(11-8-16)32(29,30)27-22-15-17(2)9-12-19(22)23(28)26-21-6-4-3-5-20(21)24-25-13-14-31-24/h3-12,15,27H,13-14H2,1-2H3,(H,26,28). The maximum atomic E-state index is 13.2. The Labute approximate surface area is 187 Å². The van der Waals surface area contributed by atoms with Crippen LogP contribution in [0.5, 0.6) is 0 Å². The van der Waals surface area contributed by atoms with E-state index in [0.717, 1.165) is 11.1 Å². The minimum absolute atomic E-state index is 0.123. The van der Waals surface area contributed by atoms with Crippen molar-refractivity contribution >= 4 is 33.2 Å². The first kappa shape index (κ1) is 21.6. The maximum Gasteiger partial charge on any atom is 0.261 e. The molecule has 3 aromatic carbocycles. The number of hydrogen-bond acceptors (Lipinski definition) is 5. The fourth-order valence-electron chi connectivity index (χ4n) is 3.33. The second-order valence-corrected chi connectivity index (χ2v) is 9.19. The fourth-order valence-corrected chi connectivity index (χ4v) is 4.40. The Balaban J connectivity index is 1.64. The first-order chi connectivity index (χ1) is 15.3. The molecule has 0 bridgehead atoms. The number of aliphatic imine (C=N–C) groups is 1. The monoisotopic (exact) mass is 449 g/mol. The van der Waals surface area contributed by atoms with E-state index in [-0.39, 0.29) is 16.1 Å². The highest BCUT2D eigenvalue weighted by atomic mass is 32.2. The van der Waals surface area contributed by atoms with E-state index in [9.17, 15) is 13.2 Å². The number of amides is 1. The van der Waals surface area contributed by atoms with Gasteiger partial charge in [-0.15, -0.1) is 0 Å². The highest BCUT2D eigenvalue weighted by molar-refractivity contribution is 7.92. The van der Waals surface area contributed by atoms with Crippen molar-refractivity contribution in [3.63, 3.8) is 0 Å². The van der Waals surface area contributed by atoms with E-state index in [1.807, 2.05) is 26.0 Å². The lowest BCUT2D eigenvalue weighted by Crippen LogP contribution is -2.20. The third-order valence-electron chi connectivity index (χ3n) is 4.99. The number of carbonyl (C=O) groups is 1. The Hall–Kier alpha value is -3.65. The smallest absolute Gasteiger partial charge is 0.261 e. The van der Waals surface area contributed by atoms with Crippen LogP contribution in [0.25, 0.3) is 0 Å². The first-order valence-corrected chi connectivity index (χ1v) is 11.6. The Bertz CT molecular complexity index is 1300. The van der Waals surface area contributed by atoms with Gasteiger partial charge >= 0.3 is 0 Å². The lowest BCUT2D eigenvalue weighted by Gasteiger charge is -2.15. The molecule has 0 radical (unpaired) electrons. The van der Waals surface area contributed by atoms with Gasteiger partial charge in [0.15, 0.2) is 0 Å². The van der Waals surface area contributed by atoms with Crippen LogP contribution in [0.2, 0.25) is 0 Å². The highest BCUT2D eigenvalue weighted by Gasteiger charge is 2.21. The van der Waals surface area contributed by atoms with Gasteiger partial charge in [-0.3, -0.25) is 9.52 Å². The van der Waals surface area contributed by atoms with Crippen LogP contribution < -0.4 is 10.0 Å². The maximum absolute atomic E-state index is 13.2. The van der Waals surface area contributed by atoms with Crippen LogP contribution in [0.4, 0.5) is 11.4 Å². The molecule has 0 saturated carbocycles. The Morgan fingerprint density at radius 1 is 0.938 bits per heavy atom. The van der Waals surface area contributed by atoms with Gasteiger partial charge in [0.05, 0.1) is 33.9 Å². The zero-order chi connectivity index (χ0) is 22.7. The summed E-state index contributed by atoms with van der Waals surface area (Å²) in [6.45, 7) is 4.78. The van der Waals surface area contributed by atoms with Gasteiger partial charge in [0.25, 0.3) is 15.9 Å². The summed E-state index contributed by atoms with van der Waals surface area (Å²) in [4.78, 5) is 17.6. The molecule has 0 spiro atoms. The predicted molar refractivity (Wildman–Crippen MR) is 125 cm³/mol. The molecule has 1 aliphatic rings. The van der Waals surface area contributed by atoms with E-state index in [2.05, 4.69) is 15.0 Å². The zero-order valence-corrected chi connectivity index (χ0v) is 18.6. The van der Waals surface area contributed by atoms with Crippen LogP contribution in [-0.2, 0) is 14.8 Å². The van der Waals surface area contributed by atoms with E-state index in [1.165, 1.54) is 12.1 Å². The molecule has 0 saturated heterocycles. The number of rotatable bonds is 6. The van der Waals surface area contributed by atoms with E-state index in [1.54, 1.807) is 42.5 Å². The van der Waals surface area contributed by atoms with Crippen LogP contribution >= 0.6 is 0 Å². The van der Waals surface area contributed by atoms with Gasteiger partial charge in [0.1, 0.15) is 6.61 Å². The summed E-state index contributed by atoms with van der Waals surface area (Å²) in [5.74, 6) is 0.0303. The van der Waals surface area contributed by atoms with Gasteiger partial charge in [-0.2, -0.15) is 0 Å². The van der Waals surface area contributed by atoms with Crippen molar-refractivity contribution < 1.29 is 17.9 Å². The molecule has 0 aliphatic carbocycles. The van der Waals surface area contributed by atoms with Crippen molar-refractivity contribution in [3.8, 4) is 0 Å². The molecule has 4 rings (SSSR count). The predicted octanol–water partition coefficient (Wildman–Crippen LogP) is 4.13. The number of nitrogens with one attached hydrogen (secondary N) is 2. The summed E-state index contributed by atoms with van der Waals surface area (Å²) >= 11 is 0. The summed E-state index contributed by atoms with van der Waals surface area (Å²) in [7, 11) is -3.87. The van der Waals surface area contributed by atoms with E-state index in [0.29, 0.717) is 30.3 Å². The summed E-state index contributed by atoms with van der Waals surface area (Å²) in [5.41, 5.74) is 3.38. The largest absolute Gasteiger partial charge is 0.475 e. The quantitative estimate of drug-likeness (QED) is 0.591. The van der Waals surface area contributed by atoms with E-state index < -0.39 is 15.9 Å². The number of ether oxygens (including phenoxy) is 1. The molecule has 8 heteroatoms. The lowest BCUT2D eigenvalue weighted by atomic mass is 10.1. The SMILES string of the molecule is Cc1ccc(S(=O)(=O)Nc2cc(C)ccc2C(=O)Nc2ccccc2C2=NCCO2)cc1. The molecule has 0 atom stereocenters. The molecule has 164 valence electrons. The van der Waals surface area contributed by atoms with Crippen molar-refractivity contribution in [2.75, 3.05) is 23.2 Å². The Morgan fingerprint density at radius 3 is 2.38 bits per heavy atom. The summed E-state index contributed by atoms with van der Waals surface area (Å²) in [6.07, 6.45) is 0. The Kier molecular flexibility index (Phi) is 5.96. The van der Waals surface area contributed by atoms with Crippen LogP contribution in [0.1, 0.15) is 27.0 Å². The molecule has 1 amide bonds.